The average Bonchev–Trinajstić information content (AvgIpc) is 1.61. The Morgan fingerprint density at radius 1 is 0.258 bits per heavy atom. The summed E-state index contributed by atoms with van der Waals surface area (Å²) in [4.78, 5) is 153. The van der Waals surface area contributed by atoms with E-state index in [1.807, 2.05) is 72.8 Å². The summed E-state index contributed by atoms with van der Waals surface area (Å²) in [6.45, 7) is 15.0. The van der Waals surface area contributed by atoms with Gasteiger partial charge in [-0.25, -0.2) is 19.2 Å². The molecule has 0 heterocycles. The van der Waals surface area contributed by atoms with Gasteiger partial charge in [-0.2, -0.15) is 0 Å². The van der Waals surface area contributed by atoms with Crippen molar-refractivity contribution in [3.05, 3.63) is 181 Å². The van der Waals surface area contributed by atoms with E-state index in [9.17, 15) is 57.5 Å². The van der Waals surface area contributed by atoms with Crippen LogP contribution >= 0.6 is 0 Å². The molecule has 6 aliphatic rings. The average molecular weight is 1640 g/mol. The molecule has 630 valence electrons. The number of carbonyl (C=O) groups excluding carboxylic acids is 12. The fourth-order valence-electron chi connectivity index (χ4n) is 15.9. The van der Waals surface area contributed by atoms with Gasteiger partial charge in [0.2, 0.25) is 0 Å². The molecule has 6 aliphatic carbocycles. The highest BCUT2D eigenvalue weighted by atomic mass is 16.6. The van der Waals surface area contributed by atoms with Crippen molar-refractivity contribution in [3.8, 4) is 68.9 Å². The monoisotopic (exact) mass is 1640 g/mol. The predicted molar refractivity (Wildman–Crippen MR) is 437 cm³/mol. The number of hydrogen-bond donors (Lipinski definition) is 0. The Kier molecular flexibility index (Phi) is 32.9. The van der Waals surface area contributed by atoms with Crippen molar-refractivity contribution in [2.24, 2.45) is 47.3 Å². The Hall–Kier alpha value is -12.2. The zero-order valence-electron chi connectivity index (χ0n) is 67.6. The van der Waals surface area contributed by atoms with E-state index in [0.29, 0.717) is 188 Å². The zero-order valence-corrected chi connectivity index (χ0v) is 67.6. The summed E-state index contributed by atoms with van der Waals surface area (Å²) in [5, 5.41) is 0. The second-order valence-electron chi connectivity index (χ2n) is 30.8. The molecule has 0 radical (unpaired) electrons. The standard InChI is InChI=1S/C96H102O24/c1-5-85(97)109-49-9-13-53-113-89(101)63-23-31-67(32-24-63)93(105)117-71-39-45-75-76-46-40-72(118-94(106)68-33-25-64(26-34-68)90(102)114-54-14-10-50-110-86(98)6-2)58-82(76)79(81(75)57-71)43-21-61-17-19-62(20-18-61)22-44-80-83-59-73(119-95(107)69-35-27-65(28-36-69)91(103)115-55-15-11-51-111-87(99)7-3)41-47-77(83)78-48-42-74(60-84(78)80)120-96(108)70-37-29-66(30-38-70)92(104)116-56-16-12-52-112-88(100)8-4/h5-8,17-20,39-42,45-48,57-60,63-70,79-80H,1-4,9-16,23-38,49-56H2. The molecule has 4 saturated carbocycles. The van der Waals surface area contributed by atoms with Crippen molar-refractivity contribution in [1.82, 2.24) is 0 Å². The molecule has 0 saturated heterocycles. The fraction of sp³-hybridized carbons (Fsp3) is 0.438. The van der Waals surface area contributed by atoms with Crippen molar-refractivity contribution in [1.29, 1.82) is 0 Å². The summed E-state index contributed by atoms with van der Waals surface area (Å²) in [6, 6.07) is 29.1. The SMILES string of the molecule is C=CC(=O)OCCCCOC(=O)C1CCC(C(=O)Oc2ccc3c(c2)C(C#Cc2ccc(C#CC4c5cc(OC(=O)C6CCC(C(=O)OCCCCOC(=O)C=C)CC6)ccc5-c5ccc(OC(=O)C6CCC(C(=O)OCCCCOC(=O)C=C)CC6)cc54)cc2)c2cc(OC(=O)C4CCC(C(=O)OCCCCOC(=O)C=C)CC4)ccc2-3)CC1. The van der Waals surface area contributed by atoms with Crippen molar-refractivity contribution >= 4 is 71.6 Å². The number of benzene rings is 5. The second-order valence-corrected chi connectivity index (χ2v) is 30.8. The number of hydrogen-bond acceptors (Lipinski definition) is 24. The molecule has 0 unspecified atom stereocenters. The first-order chi connectivity index (χ1) is 58.3. The van der Waals surface area contributed by atoms with E-state index in [2.05, 4.69) is 50.0 Å². The lowest BCUT2D eigenvalue weighted by atomic mass is 9.82. The summed E-state index contributed by atoms with van der Waals surface area (Å²) in [7, 11) is 0. The fourth-order valence-corrected chi connectivity index (χ4v) is 15.9. The second kappa shape index (κ2) is 44.6. The van der Waals surface area contributed by atoms with Crippen LogP contribution in [0.5, 0.6) is 23.0 Å². The highest BCUT2D eigenvalue weighted by molar-refractivity contribution is 5.88. The molecule has 4 fully saturated rings. The van der Waals surface area contributed by atoms with E-state index < -0.39 is 83.3 Å². The maximum absolute atomic E-state index is 14.0. The van der Waals surface area contributed by atoms with E-state index in [-0.39, 0.29) is 100 Å². The number of carbonyl (C=O) groups is 12. The summed E-state index contributed by atoms with van der Waals surface area (Å²) in [5.41, 5.74) is 7.64. The molecule has 0 N–H and O–H groups in total. The Balaban J connectivity index is 0.785. The van der Waals surface area contributed by atoms with E-state index in [0.717, 1.165) is 68.8 Å². The van der Waals surface area contributed by atoms with Crippen molar-refractivity contribution in [2.75, 3.05) is 52.9 Å². The quantitative estimate of drug-likeness (QED) is 0.00898. The van der Waals surface area contributed by atoms with Gasteiger partial charge >= 0.3 is 71.6 Å². The van der Waals surface area contributed by atoms with Gasteiger partial charge in [0.15, 0.2) is 0 Å². The van der Waals surface area contributed by atoms with Crippen LogP contribution in [0.25, 0.3) is 22.3 Å². The third-order valence-electron chi connectivity index (χ3n) is 22.7. The minimum Gasteiger partial charge on any atom is -0.465 e. The van der Waals surface area contributed by atoms with E-state index in [1.165, 1.54) is 0 Å². The van der Waals surface area contributed by atoms with Crippen molar-refractivity contribution < 1.29 is 114 Å². The highest BCUT2D eigenvalue weighted by Gasteiger charge is 2.39. The van der Waals surface area contributed by atoms with Crippen LogP contribution in [-0.4, -0.2) is 124 Å². The number of ether oxygens (including phenoxy) is 12. The van der Waals surface area contributed by atoms with Gasteiger partial charge in [-0.05, 0) is 271 Å². The zero-order chi connectivity index (χ0) is 84.9. The summed E-state index contributed by atoms with van der Waals surface area (Å²) in [5.74, 6) is 5.39. The lowest BCUT2D eigenvalue weighted by Crippen LogP contribution is -2.29. The van der Waals surface area contributed by atoms with Crippen molar-refractivity contribution in [2.45, 2.75) is 166 Å². The molecular formula is C96H102O24. The number of unbranched alkanes of at least 4 members (excludes halogenated alkanes) is 4. The number of esters is 12. The van der Waals surface area contributed by atoms with Crippen LogP contribution in [-0.2, 0) is 95.4 Å². The molecule has 0 aliphatic heterocycles. The first kappa shape index (κ1) is 88.6. The van der Waals surface area contributed by atoms with Gasteiger partial charge in [0, 0.05) is 35.4 Å². The lowest BCUT2D eigenvalue weighted by molar-refractivity contribution is -0.152. The first-order valence-electron chi connectivity index (χ1n) is 41.7. The van der Waals surface area contributed by atoms with Crippen LogP contribution in [0.1, 0.15) is 199 Å². The molecule has 0 atom stereocenters. The van der Waals surface area contributed by atoms with Crippen LogP contribution in [0.15, 0.2) is 148 Å². The van der Waals surface area contributed by atoms with E-state index in [1.54, 1.807) is 24.3 Å². The molecular weight excluding hydrogens is 1540 g/mol. The van der Waals surface area contributed by atoms with Crippen LogP contribution in [0.2, 0.25) is 0 Å². The van der Waals surface area contributed by atoms with Gasteiger partial charge in [0.05, 0.1) is 112 Å². The topological polar surface area (TPSA) is 316 Å². The molecule has 0 bridgehead atoms. The minimum absolute atomic E-state index is 0.183. The molecule has 5 aromatic rings. The molecule has 0 amide bonds. The van der Waals surface area contributed by atoms with Gasteiger partial charge in [-0.15, -0.1) is 0 Å². The van der Waals surface area contributed by atoms with Gasteiger partial charge in [0.1, 0.15) is 23.0 Å². The number of rotatable bonds is 36. The Morgan fingerprint density at radius 3 is 0.633 bits per heavy atom. The number of fused-ring (bicyclic) bond motifs is 6. The summed E-state index contributed by atoms with van der Waals surface area (Å²) < 4.78 is 66.6. The minimum atomic E-state index is -0.608. The Morgan fingerprint density at radius 2 is 0.442 bits per heavy atom. The van der Waals surface area contributed by atoms with Gasteiger partial charge in [0.25, 0.3) is 0 Å². The largest absolute Gasteiger partial charge is 0.465 e. The third kappa shape index (κ3) is 25.0. The Labute approximate surface area is 698 Å². The van der Waals surface area contributed by atoms with Crippen LogP contribution in [0.4, 0.5) is 0 Å². The molecule has 24 nitrogen and oxygen atoms in total. The molecule has 11 rings (SSSR count). The Bertz CT molecular complexity index is 4190. The van der Waals surface area contributed by atoms with Gasteiger partial charge in [-0.3, -0.25) is 38.4 Å². The van der Waals surface area contributed by atoms with E-state index in [4.69, 9.17) is 56.8 Å². The van der Waals surface area contributed by atoms with Crippen LogP contribution < -0.4 is 18.9 Å². The first-order valence-corrected chi connectivity index (χ1v) is 41.7. The van der Waals surface area contributed by atoms with Crippen molar-refractivity contribution in [3.63, 3.8) is 0 Å². The maximum atomic E-state index is 14.0. The summed E-state index contributed by atoms with van der Waals surface area (Å²) in [6.07, 6.45) is 15.5. The van der Waals surface area contributed by atoms with Crippen LogP contribution in [0.3, 0.4) is 0 Å². The van der Waals surface area contributed by atoms with Gasteiger partial charge < -0.3 is 56.8 Å². The molecule has 0 spiro atoms. The summed E-state index contributed by atoms with van der Waals surface area (Å²) >= 11 is 0. The van der Waals surface area contributed by atoms with Gasteiger partial charge in [-0.1, -0.05) is 74.3 Å². The lowest BCUT2D eigenvalue weighted by Gasteiger charge is -2.26. The van der Waals surface area contributed by atoms with Crippen LogP contribution in [0, 0.1) is 71.0 Å². The molecule has 0 aromatic heterocycles. The smallest absolute Gasteiger partial charge is 0.330 e. The molecule has 24 heteroatoms. The maximum Gasteiger partial charge on any atom is 0.330 e. The molecule has 120 heavy (non-hydrogen) atoms. The third-order valence-corrected chi connectivity index (χ3v) is 22.7. The normalized spacial score (nSPS) is 20.2. The van der Waals surface area contributed by atoms with E-state index >= 15 is 0 Å². The molecule has 5 aromatic carbocycles. The predicted octanol–water partition coefficient (Wildman–Crippen LogP) is 15.1. The highest BCUT2D eigenvalue weighted by Crippen LogP contribution is 2.50.